The zero-order chi connectivity index (χ0) is 13.8. The van der Waals surface area contributed by atoms with E-state index in [1.54, 1.807) is 7.11 Å². The molecule has 6 nitrogen and oxygen atoms in total. The van der Waals surface area contributed by atoms with E-state index >= 15 is 0 Å². The van der Waals surface area contributed by atoms with Gasteiger partial charge in [0.05, 0.1) is 6.61 Å². The van der Waals surface area contributed by atoms with Crippen molar-refractivity contribution in [3.05, 3.63) is 0 Å². The molecule has 0 saturated heterocycles. The lowest BCUT2D eigenvalue weighted by molar-refractivity contribution is -0.119. The first-order valence-corrected chi connectivity index (χ1v) is 6.38. The molecule has 0 aromatic heterocycles. The lowest BCUT2D eigenvalue weighted by atomic mass is 10.2. The maximum absolute atomic E-state index is 11.4. The van der Waals surface area contributed by atoms with E-state index in [1.165, 1.54) is 0 Å². The molecular weight excluding hydrogens is 232 g/mol. The summed E-state index contributed by atoms with van der Waals surface area (Å²) >= 11 is 0. The minimum absolute atomic E-state index is 0.103. The fourth-order valence-electron chi connectivity index (χ4n) is 1.14. The van der Waals surface area contributed by atoms with Gasteiger partial charge in [-0.25, -0.2) is 4.99 Å². The zero-order valence-corrected chi connectivity index (χ0v) is 11.9. The monoisotopic (exact) mass is 258 g/mol. The van der Waals surface area contributed by atoms with Crippen LogP contribution in [0.5, 0.6) is 0 Å². The quantitative estimate of drug-likeness (QED) is 0.324. The molecule has 0 aromatic rings. The Morgan fingerprint density at radius 3 is 2.56 bits per heavy atom. The van der Waals surface area contributed by atoms with Gasteiger partial charge in [-0.05, 0) is 12.8 Å². The minimum Gasteiger partial charge on any atom is -0.383 e. The molecule has 0 fully saturated rings. The number of amides is 1. The first kappa shape index (κ1) is 16.7. The van der Waals surface area contributed by atoms with Crippen LogP contribution in [0.1, 0.15) is 20.8 Å². The molecule has 3 N–H and O–H groups in total. The van der Waals surface area contributed by atoms with Crippen LogP contribution in [-0.4, -0.2) is 51.8 Å². The number of nitrogens with one attached hydrogen (secondary N) is 3. The highest BCUT2D eigenvalue weighted by Crippen LogP contribution is 1.87. The van der Waals surface area contributed by atoms with Gasteiger partial charge in [0.15, 0.2) is 5.96 Å². The molecule has 6 heteroatoms. The summed E-state index contributed by atoms with van der Waals surface area (Å²) in [5.74, 6) is 1.10. The number of hydrogen-bond acceptors (Lipinski definition) is 3. The first-order valence-electron chi connectivity index (χ1n) is 6.38. The highest BCUT2D eigenvalue weighted by molar-refractivity contribution is 5.84. The van der Waals surface area contributed by atoms with E-state index in [1.807, 2.05) is 6.92 Å². The average molecular weight is 258 g/mol. The Hall–Kier alpha value is -1.30. The van der Waals surface area contributed by atoms with Gasteiger partial charge in [0.25, 0.3) is 0 Å². The van der Waals surface area contributed by atoms with Crippen LogP contribution in [0.15, 0.2) is 4.99 Å². The van der Waals surface area contributed by atoms with Gasteiger partial charge in [0.1, 0.15) is 6.54 Å². The van der Waals surface area contributed by atoms with Crippen molar-refractivity contribution < 1.29 is 9.53 Å². The van der Waals surface area contributed by atoms with Crippen molar-refractivity contribution >= 4 is 11.9 Å². The maximum Gasteiger partial charge on any atom is 0.241 e. The summed E-state index contributed by atoms with van der Waals surface area (Å²) in [5, 5.41) is 8.99. The summed E-state index contributed by atoms with van der Waals surface area (Å²) < 4.78 is 4.85. The second kappa shape index (κ2) is 10.8. The summed E-state index contributed by atoms with van der Waals surface area (Å²) in [6.45, 7) is 8.98. The average Bonchev–Trinajstić information content (AvgIpc) is 2.33. The molecular formula is C12H26N4O2. The largest absolute Gasteiger partial charge is 0.383 e. The fraction of sp³-hybridized carbons (Fsp3) is 0.833. The summed E-state index contributed by atoms with van der Waals surface area (Å²) in [6, 6.07) is 0. The van der Waals surface area contributed by atoms with E-state index in [0.717, 1.165) is 13.1 Å². The van der Waals surface area contributed by atoms with Gasteiger partial charge in [-0.3, -0.25) is 4.79 Å². The van der Waals surface area contributed by atoms with Crippen molar-refractivity contribution in [1.29, 1.82) is 0 Å². The van der Waals surface area contributed by atoms with E-state index in [-0.39, 0.29) is 12.5 Å². The predicted octanol–water partition coefficient (Wildman–Crippen LogP) is -0.0399. The summed E-state index contributed by atoms with van der Waals surface area (Å²) in [6.07, 6.45) is 0. The number of rotatable bonds is 8. The molecule has 1 amide bonds. The van der Waals surface area contributed by atoms with Crippen LogP contribution in [-0.2, 0) is 9.53 Å². The third-order valence-corrected chi connectivity index (χ3v) is 2.03. The van der Waals surface area contributed by atoms with E-state index in [2.05, 4.69) is 34.8 Å². The standard InChI is InChI=1S/C12H26N4O2/c1-5-13-12(15-8-10(2)3)16-9-11(17)14-6-7-18-4/h10H,5-9H2,1-4H3,(H,14,17)(H2,13,15,16). The third kappa shape index (κ3) is 9.89. The molecule has 0 bridgehead atoms. The Balaban J connectivity index is 4.01. The number of ether oxygens (including phenoxy) is 1. The van der Waals surface area contributed by atoms with Crippen LogP contribution < -0.4 is 16.0 Å². The smallest absolute Gasteiger partial charge is 0.241 e. The van der Waals surface area contributed by atoms with Crippen molar-refractivity contribution in [2.24, 2.45) is 10.9 Å². The van der Waals surface area contributed by atoms with Crippen LogP contribution >= 0.6 is 0 Å². The van der Waals surface area contributed by atoms with Crippen molar-refractivity contribution in [3.63, 3.8) is 0 Å². The molecule has 0 aromatic carbocycles. The number of aliphatic imine (C=N–C) groups is 1. The highest BCUT2D eigenvalue weighted by Gasteiger charge is 2.02. The molecule has 0 heterocycles. The SMILES string of the molecule is CCNC(=NCC(=O)NCCOC)NCC(C)C. The molecule has 0 aliphatic carbocycles. The predicted molar refractivity (Wildman–Crippen MR) is 73.7 cm³/mol. The molecule has 0 rings (SSSR count). The second-order valence-electron chi connectivity index (χ2n) is 4.31. The van der Waals surface area contributed by atoms with Crippen LogP contribution in [0, 0.1) is 5.92 Å². The summed E-state index contributed by atoms with van der Waals surface area (Å²) in [7, 11) is 1.60. The molecule has 0 radical (unpaired) electrons. The molecule has 18 heavy (non-hydrogen) atoms. The topological polar surface area (TPSA) is 74.8 Å². The Kier molecular flexibility index (Phi) is 10.0. The number of carbonyl (C=O) groups excluding carboxylic acids is 1. The Bertz CT molecular complexity index is 254. The van der Waals surface area contributed by atoms with Crippen molar-refractivity contribution in [2.45, 2.75) is 20.8 Å². The Labute approximate surface area is 110 Å². The van der Waals surface area contributed by atoms with E-state index < -0.39 is 0 Å². The Morgan fingerprint density at radius 2 is 2.00 bits per heavy atom. The van der Waals surface area contributed by atoms with Crippen molar-refractivity contribution in [2.75, 3.05) is 39.9 Å². The van der Waals surface area contributed by atoms with E-state index in [9.17, 15) is 4.79 Å². The molecule has 0 aliphatic rings. The molecule has 0 saturated carbocycles. The van der Waals surface area contributed by atoms with Crippen LogP contribution in [0.4, 0.5) is 0 Å². The molecule has 0 spiro atoms. The van der Waals surface area contributed by atoms with Gasteiger partial charge in [-0.1, -0.05) is 13.8 Å². The number of carbonyl (C=O) groups is 1. The fourth-order valence-corrected chi connectivity index (χ4v) is 1.14. The van der Waals surface area contributed by atoms with Gasteiger partial charge in [0, 0.05) is 26.7 Å². The van der Waals surface area contributed by atoms with Gasteiger partial charge in [0.2, 0.25) is 5.91 Å². The van der Waals surface area contributed by atoms with Crippen molar-refractivity contribution in [1.82, 2.24) is 16.0 Å². The summed E-state index contributed by atoms with van der Waals surface area (Å²) in [5.41, 5.74) is 0. The number of methoxy groups -OCH3 is 1. The van der Waals surface area contributed by atoms with Gasteiger partial charge < -0.3 is 20.7 Å². The molecule has 106 valence electrons. The number of nitrogens with zero attached hydrogens (tertiary/aromatic N) is 1. The zero-order valence-electron chi connectivity index (χ0n) is 11.9. The first-order chi connectivity index (χ1) is 8.60. The maximum atomic E-state index is 11.4. The second-order valence-corrected chi connectivity index (χ2v) is 4.31. The minimum atomic E-state index is -0.103. The van der Waals surface area contributed by atoms with Gasteiger partial charge in [-0.15, -0.1) is 0 Å². The van der Waals surface area contributed by atoms with Crippen molar-refractivity contribution in [3.8, 4) is 0 Å². The van der Waals surface area contributed by atoms with Crippen LogP contribution in [0.25, 0.3) is 0 Å². The summed E-state index contributed by atoms with van der Waals surface area (Å²) in [4.78, 5) is 15.6. The molecule has 0 atom stereocenters. The van der Waals surface area contributed by atoms with E-state index in [0.29, 0.717) is 25.0 Å². The number of guanidine groups is 1. The lowest BCUT2D eigenvalue weighted by Crippen LogP contribution is -2.40. The van der Waals surface area contributed by atoms with Crippen LogP contribution in [0.3, 0.4) is 0 Å². The Morgan fingerprint density at radius 1 is 1.28 bits per heavy atom. The van der Waals surface area contributed by atoms with E-state index in [4.69, 9.17) is 4.74 Å². The van der Waals surface area contributed by atoms with Gasteiger partial charge >= 0.3 is 0 Å². The molecule has 0 aliphatic heterocycles. The van der Waals surface area contributed by atoms with Crippen LogP contribution in [0.2, 0.25) is 0 Å². The molecule has 0 unspecified atom stereocenters. The normalized spacial score (nSPS) is 11.5. The lowest BCUT2D eigenvalue weighted by Gasteiger charge is -2.12. The highest BCUT2D eigenvalue weighted by atomic mass is 16.5. The number of hydrogen-bond donors (Lipinski definition) is 3. The van der Waals surface area contributed by atoms with Gasteiger partial charge in [-0.2, -0.15) is 0 Å². The third-order valence-electron chi connectivity index (χ3n) is 2.03.